The van der Waals surface area contributed by atoms with Gasteiger partial charge in [-0.25, -0.2) is 0 Å². The average Bonchev–Trinajstić information content (AvgIpc) is 3.15. The number of hydrogen-bond acceptors (Lipinski definition) is 3. The molecule has 0 bridgehead atoms. The molecule has 1 saturated heterocycles. The van der Waals surface area contributed by atoms with Crippen LogP contribution in [0.1, 0.15) is 37.3 Å². The van der Waals surface area contributed by atoms with Crippen LogP contribution in [0.3, 0.4) is 0 Å². The highest BCUT2D eigenvalue weighted by atomic mass is 15.2. The lowest BCUT2D eigenvalue weighted by molar-refractivity contribution is 0.251. The second-order valence-corrected chi connectivity index (χ2v) is 7.45. The Balaban J connectivity index is 1.32. The molecule has 0 spiro atoms. The summed E-state index contributed by atoms with van der Waals surface area (Å²) in [6.45, 7) is 10.0. The van der Waals surface area contributed by atoms with Gasteiger partial charge in [-0.05, 0) is 49.9 Å². The van der Waals surface area contributed by atoms with Crippen LogP contribution in [0.15, 0.2) is 29.3 Å². The van der Waals surface area contributed by atoms with Crippen molar-refractivity contribution in [2.24, 2.45) is 4.99 Å². The summed E-state index contributed by atoms with van der Waals surface area (Å²) in [6.07, 6.45) is 4.95. The molecule has 0 radical (unpaired) electrons. The van der Waals surface area contributed by atoms with Gasteiger partial charge in [0.25, 0.3) is 0 Å². The first kappa shape index (κ1) is 19.2. The molecule has 2 N–H and O–H groups in total. The van der Waals surface area contributed by atoms with E-state index < -0.39 is 0 Å². The van der Waals surface area contributed by atoms with Gasteiger partial charge in [-0.15, -0.1) is 0 Å². The molecule has 1 fully saturated rings. The summed E-state index contributed by atoms with van der Waals surface area (Å²) in [5, 5.41) is 6.99. The molecule has 3 rings (SSSR count). The van der Waals surface area contributed by atoms with E-state index in [0.717, 1.165) is 45.1 Å². The largest absolute Gasteiger partial charge is 0.356 e. The number of benzene rings is 1. The van der Waals surface area contributed by atoms with E-state index in [0.29, 0.717) is 6.04 Å². The van der Waals surface area contributed by atoms with Crippen molar-refractivity contribution in [1.29, 1.82) is 0 Å². The number of rotatable bonds is 7. The number of aliphatic imine (C=N–C) groups is 1. The third kappa shape index (κ3) is 5.21. The SMILES string of the molecule is CCN1CCCC1CNC(=NC)NCCCN1CCc2ccccc2C1. The average molecular weight is 358 g/mol. The predicted molar refractivity (Wildman–Crippen MR) is 110 cm³/mol. The van der Waals surface area contributed by atoms with E-state index in [1.165, 1.54) is 43.5 Å². The lowest BCUT2D eigenvalue weighted by Crippen LogP contribution is -2.45. The second kappa shape index (κ2) is 9.93. The zero-order valence-corrected chi connectivity index (χ0v) is 16.5. The van der Waals surface area contributed by atoms with Gasteiger partial charge in [0, 0.05) is 45.8 Å². The van der Waals surface area contributed by atoms with Gasteiger partial charge in [-0.1, -0.05) is 31.2 Å². The molecule has 1 aromatic carbocycles. The summed E-state index contributed by atoms with van der Waals surface area (Å²) in [5.41, 5.74) is 3.03. The maximum atomic E-state index is 4.38. The number of hydrogen-bond donors (Lipinski definition) is 2. The molecular weight excluding hydrogens is 322 g/mol. The molecule has 1 atom stereocenters. The Morgan fingerprint density at radius 3 is 2.85 bits per heavy atom. The molecular formula is C21H35N5. The first-order valence-electron chi connectivity index (χ1n) is 10.3. The molecule has 2 aliphatic rings. The fourth-order valence-electron chi connectivity index (χ4n) is 4.23. The van der Waals surface area contributed by atoms with Crippen molar-refractivity contribution in [1.82, 2.24) is 20.4 Å². The standard InChI is InChI=1S/C21H35N5/c1-3-26-14-6-10-20(26)16-24-21(22-2)23-12-7-13-25-15-11-18-8-4-5-9-19(18)17-25/h4-5,8-9,20H,3,6-7,10-17H2,1-2H3,(H2,22,23,24). The van der Waals surface area contributed by atoms with E-state index in [4.69, 9.17) is 0 Å². The summed E-state index contributed by atoms with van der Waals surface area (Å²) in [6, 6.07) is 9.51. The van der Waals surface area contributed by atoms with E-state index in [-0.39, 0.29) is 0 Å². The Morgan fingerprint density at radius 2 is 2.04 bits per heavy atom. The molecule has 2 aliphatic heterocycles. The highest BCUT2D eigenvalue weighted by Gasteiger charge is 2.22. The second-order valence-electron chi connectivity index (χ2n) is 7.45. The number of nitrogens with zero attached hydrogens (tertiary/aromatic N) is 3. The van der Waals surface area contributed by atoms with Crippen molar-refractivity contribution in [3.63, 3.8) is 0 Å². The summed E-state index contributed by atoms with van der Waals surface area (Å²) in [7, 11) is 1.86. The van der Waals surface area contributed by atoms with E-state index in [1.807, 2.05) is 7.05 Å². The van der Waals surface area contributed by atoms with Gasteiger partial charge < -0.3 is 10.6 Å². The highest BCUT2D eigenvalue weighted by Crippen LogP contribution is 2.18. The number of likely N-dealkylation sites (N-methyl/N-ethyl adjacent to an activating group) is 1. The summed E-state index contributed by atoms with van der Waals surface area (Å²) >= 11 is 0. The summed E-state index contributed by atoms with van der Waals surface area (Å²) in [5.74, 6) is 0.942. The van der Waals surface area contributed by atoms with Crippen molar-refractivity contribution < 1.29 is 0 Å². The van der Waals surface area contributed by atoms with Gasteiger partial charge in [-0.3, -0.25) is 14.8 Å². The van der Waals surface area contributed by atoms with Crippen LogP contribution in [-0.4, -0.2) is 68.1 Å². The third-order valence-electron chi connectivity index (χ3n) is 5.79. The number of guanidine groups is 1. The van der Waals surface area contributed by atoms with Crippen molar-refractivity contribution >= 4 is 5.96 Å². The molecule has 0 aromatic heterocycles. The van der Waals surface area contributed by atoms with Gasteiger partial charge in [0.15, 0.2) is 5.96 Å². The Kier molecular flexibility index (Phi) is 7.32. The highest BCUT2D eigenvalue weighted by molar-refractivity contribution is 5.79. The normalized spacial score (nSPS) is 21.6. The third-order valence-corrected chi connectivity index (χ3v) is 5.79. The van der Waals surface area contributed by atoms with Crippen molar-refractivity contribution in [3.05, 3.63) is 35.4 Å². The van der Waals surface area contributed by atoms with Crippen LogP contribution < -0.4 is 10.6 Å². The fourth-order valence-corrected chi connectivity index (χ4v) is 4.23. The molecule has 0 saturated carbocycles. The van der Waals surface area contributed by atoms with E-state index in [1.54, 1.807) is 0 Å². The van der Waals surface area contributed by atoms with Crippen LogP contribution in [0.4, 0.5) is 0 Å². The number of nitrogens with one attached hydrogen (secondary N) is 2. The van der Waals surface area contributed by atoms with Crippen molar-refractivity contribution in [2.75, 3.05) is 46.3 Å². The molecule has 0 amide bonds. The maximum Gasteiger partial charge on any atom is 0.191 e. The van der Waals surface area contributed by atoms with Crippen molar-refractivity contribution in [3.8, 4) is 0 Å². The molecule has 5 heteroatoms. The fraction of sp³-hybridized carbons (Fsp3) is 0.667. The van der Waals surface area contributed by atoms with Crippen molar-refractivity contribution in [2.45, 2.75) is 45.2 Å². The van der Waals surface area contributed by atoms with Gasteiger partial charge in [0.1, 0.15) is 0 Å². The van der Waals surface area contributed by atoms with E-state index >= 15 is 0 Å². The topological polar surface area (TPSA) is 42.9 Å². The monoisotopic (exact) mass is 357 g/mol. The van der Waals surface area contributed by atoms with Crippen LogP contribution in [0, 0.1) is 0 Å². The van der Waals surface area contributed by atoms with Gasteiger partial charge in [-0.2, -0.15) is 0 Å². The number of fused-ring (bicyclic) bond motifs is 1. The molecule has 2 heterocycles. The molecule has 5 nitrogen and oxygen atoms in total. The van der Waals surface area contributed by atoms with Crippen LogP contribution in [-0.2, 0) is 13.0 Å². The Bertz CT molecular complexity index is 586. The molecule has 1 aromatic rings. The Hall–Kier alpha value is -1.59. The minimum absolute atomic E-state index is 0.659. The van der Waals surface area contributed by atoms with E-state index in [2.05, 4.69) is 56.6 Å². The molecule has 1 unspecified atom stereocenters. The molecule has 0 aliphatic carbocycles. The van der Waals surface area contributed by atoms with Crippen LogP contribution in [0.25, 0.3) is 0 Å². The predicted octanol–water partition coefficient (Wildman–Crippen LogP) is 2.08. The van der Waals surface area contributed by atoms with E-state index in [9.17, 15) is 0 Å². The zero-order valence-electron chi connectivity index (χ0n) is 16.5. The molecule has 144 valence electrons. The van der Waals surface area contributed by atoms with Crippen LogP contribution in [0.5, 0.6) is 0 Å². The first-order chi connectivity index (χ1) is 12.8. The minimum Gasteiger partial charge on any atom is -0.356 e. The first-order valence-corrected chi connectivity index (χ1v) is 10.3. The Morgan fingerprint density at radius 1 is 1.19 bits per heavy atom. The Labute approximate surface area is 158 Å². The van der Waals surface area contributed by atoms with Gasteiger partial charge in [0.05, 0.1) is 0 Å². The summed E-state index contributed by atoms with van der Waals surface area (Å²) in [4.78, 5) is 9.51. The van der Waals surface area contributed by atoms with Gasteiger partial charge >= 0.3 is 0 Å². The van der Waals surface area contributed by atoms with Crippen LogP contribution in [0.2, 0.25) is 0 Å². The lowest BCUT2D eigenvalue weighted by Gasteiger charge is -2.28. The maximum absolute atomic E-state index is 4.38. The minimum atomic E-state index is 0.659. The lowest BCUT2D eigenvalue weighted by atomic mass is 10.00. The number of likely N-dealkylation sites (tertiary alicyclic amines) is 1. The quantitative estimate of drug-likeness (QED) is 0.445. The summed E-state index contributed by atoms with van der Waals surface area (Å²) < 4.78 is 0. The van der Waals surface area contributed by atoms with Gasteiger partial charge in [0.2, 0.25) is 0 Å². The zero-order chi connectivity index (χ0) is 18.2. The van der Waals surface area contributed by atoms with Crippen LogP contribution >= 0.6 is 0 Å². The molecule has 26 heavy (non-hydrogen) atoms. The smallest absolute Gasteiger partial charge is 0.191 e.